The Kier molecular flexibility index (Phi) is 5.41. The highest BCUT2D eigenvalue weighted by atomic mass is 32.2. The van der Waals surface area contributed by atoms with E-state index in [0.717, 1.165) is 41.5 Å². The van der Waals surface area contributed by atoms with Crippen LogP contribution in [0.15, 0.2) is 47.1 Å². The second-order valence-electron chi connectivity index (χ2n) is 5.70. The molecule has 122 valence electrons. The predicted molar refractivity (Wildman–Crippen MR) is 93.9 cm³/mol. The molecule has 0 radical (unpaired) electrons. The summed E-state index contributed by atoms with van der Waals surface area (Å²) >= 11 is 1.98. The number of nitrogens with one attached hydrogen (secondary N) is 1. The minimum Gasteiger partial charge on any atom is -0.468 e. The Morgan fingerprint density at radius 2 is 2.04 bits per heavy atom. The summed E-state index contributed by atoms with van der Waals surface area (Å²) in [5, 5.41) is 3.08. The maximum absolute atomic E-state index is 12.5. The van der Waals surface area contributed by atoms with E-state index in [1.165, 1.54) is 0 Å². The van der Waals surface area contributed by atoms with Gasteiger partial charge in [-0.15, -0.1) is 0 Å². The topological polar surface area (TPSA) is 45.5 Å². The molecule has 5 heteroatoms. The predicted octanol–water partition coefficient (Wildman–Crippen LogP) is 3.11. The fourth-order valence-electron chi connectivity index (χ4n) is 2.89. The Bertz CT molecular complexity index is 636. The molecule has 1 aliphatic rings. The maximum atomic E-state index is 12.5. The molecule has 3 rings (SSSR count). The number of thioether (sulfide) groups is 1. The van der Waals surface area contributed by atoms with Crippen molar-refractivity contribution < 1.29 is 9.21 Å². The van der Waals surface area contributed by atoms with E-state index in [1.807, 2.05) is 55.1 Å². The van der Waals surface area contributed by atoms with Crippen LogP contribution >= 0.6 is 11.8 Å². The second-order valence-corrected chi connectivity index (χ2v) is 6.93. The van der Waals surface area contributed by atoms with Crippen molar-refractivity contribution in [1.29, 1.82) is 0 Å². The van der Waals surface area contributed by atoms with Gasteiger partial charge in [0, 0.05) is 36.7 Å². The molecule has 1 aromatic heterocycles. The molecule has 1 amide bonds. The van der Waals surface area contributed by atoms with Gasteiger partial charge in [0.15, 0.2) is 0 Å². The molecular weight excluding hydrogens is 308 g/mol. The number of nitrogens with zero attached hydrogens (tertiary/aromatic N) is 1. The van der Waals surface area contributed by atoms with Crippen LogP contribution in [0.3, 0.4) is 0 Å². The fraction of sp³-hybridized carbons (Fsp3) is 0.389. The summed E-state index contributed by atoms with van der Waals surface area (Å²) in [7, 11) is 0. The number of furan rings is 1. The van der Waals surface area contributed by atoms with Gasteiger partial charge in [0.2, 0.25) is 0 Å². The molecule has 1 fully saturated rings. The molecule has 0 aliphatic carbocycles. The average Bonchev–Trinajstić information content (AvgIpc) is 3.10. The van der Waals surface area contributed by atoms with Gasteiger partial charge in [0.25, 0.3) is 5.91 Å². The van der Waals surface area contributed by atoms with Crippen molar-refractivity contribution >= 4 is 17.7 Å². The summed E-state index contributed by atoms with van der Waals surface area (Å²) in [6.07, 6.45) is 1.70. The average molecular weight is 330 g/mol. The van der Waals surface area contributed by atoms with E-state index in [9.17, 15) is 4.79 Å². The number of aryl methyl sites for hydroxylation is 1. The van der Waals surface area contributed by atoms with Crippen LogP contribution in [-0.4, -0.2) is 41.9 Å². The van der Waals surface area contributed by atoms with Crippen LogP contribution in [0, 0.1) is 6.92 Å². The molecule has 1 unspecified atom stereocenters. The molecular formula is C18H22N2O2S. The normalized spacial score (nSPS) is 16.9. The fourth-order valence-corrected chi connectivity index (χ4v) is 3.82. The monoisotopic (exact) mass is 330 g/mol. The molecule has 23 heavy (non-hydrogen) atoms. The standard InChI is InChI=1S/C18H22N2O2S/c1-14-5-2-3-6-15(14)18(21)19-13-16(17-7-4-10-22-17)20-8-11-23-12-9-20/h2-7,10,16H,8-9,11-13H2,1H3,(H,19,21). The van der Waals surface area contributed by atoms with Crippen molar-refractivity contribution in [3.63, 3.8) is 0 Å². The van der Waals surface area contributed by atoms with Crippen molar-refractivity contribution in [2.24, 2.45) is 0 Å². The molecule has 2 heterocycles. The molecule has 1 aliphatic heterocycles. The van der Waals surface area contributed by atoms with E-state index in [1.54, 1.807) is 6.26 Å². The van der Waals surface area contributed by atoms with Gasteiger partial charge in [0.05, 0.1) is 12.3 Å². The number of carbonyl (C=O) groups is 1. The SMILES string of the molecule is Cc1ccccc1C(=O)NCC(c1ccco1)N1CCSCC1. The molecule has 1 N–H and O–H groups in total. The number of rotatable bonds is 5. The smallest absolute Gasteiger partial charge is 0.251 e. The van der Waals surface area contributed by atoms with Gasteiger partial charge in [-0.3, -0.25) is 9.69 Å². The lowest BCUT2D eigenvalue weighted by Crippen LogP contribution is -2.42. The second kappa shape index (κ2) is 7.70. The first-order chi connectivity index (χ1) is 11.3. The quantitative estimate of drug-likeness (QED) is 0.915. The van der Waals surface area contributed by atoms with E-state index >= 15 is 0 Å². The van der Waals surface area contributed by atoms with E-state index < -0.39 is 0 Å². The van der Waals surface area contributed by atoms with Gasteiger partial charge in [0.1, 0.15) is 5.76 Å². The molecule has 4 nitrogen and oxygen atoms in total. The van der Waals surface area contributed by atoms with Crippen LogP contribution in [0.4, 0.5) is 0 Å². The van der Waals surface area contributed by atoms with Crippen molar-refractivity contribution in [1.82, 2.24) is 10.2 Å². The van der Waals surface area contributed by atoms with E-state index in [2.05, 4.69) is 10.2 Å². The molecule has 0 bridgehead atoms. The third kappa shape index (κ3) is 3.98. The minimum absolute atomic E-state index is 0.0222. The molecule has 0 spiro atoms. The van der Waals surface area contributed by atoms with Crippen molar-refractivity contribution in [2.75, 3.05) is 31.1 Å². The van der Waals surface area contributed by atoms with Crippen LogP contribution in [-0.2, 0) is 0 Å². The summed E-state index contributed by atoms with van der Waals surface area (Å²) in [5.41, 5.74) is 1.73. The Hall–Kier alpha value is -1.72. The summed E-state index contributed by atoms with van der Waals surface area (Å²) in [6, 6.07) is 11.7. The first-order valence-electron chi connectivity index (χ1n) is 7.95. The highest BCUT2D eigenvalue weighted by molar-refractivity contribution is 7.99. The molecule has 1 atom stereocenters. The summed E-state index contributed by atoms with van der Waals surface area (Å²) in [4.78, 5) is 14.9. The summed E-state index contributed by atoms with van der Waals surface area (Å²) in [5.74, 6) is 3.15. The third-order valence-electron chi connectivity index (χ3n) is 4.20. The van der Waals surface area contributed by atoms with Gasteiger partial charge in [-0.25, -0.2) is 0 Å². The Morgan fingerprint density at radius 3 is 2.74 bits per heavy atom. The first kappa shape index (κ1) is 16.1. The Balaban J connectivity index is 1.69. The van der Waals surface area contributed by atoms with Crippen LogP contribution in [0.5, 0.6) is 0 Å². The Morgan fingerprint density at radius 1 is 1.26 bits per heavy atom. The lowest BCUT2D eigenvalue weighted by Gasteiger charge is -2.33. The molecule has 0 saturated carbocycles. The van der Waals surface area contributed by atoms with Crippen LogP contribution in [0.2, 0.25) is 0 Å². The number of carbonyl (C=O) groups excluding carboxylic acids is 1. The van der Waals surface area contributed by atoms with Crippen LogP contribution < -0.4 is 5.32 Å². The van der Waals surface area contributed by atoms with Crippen LogP contribution in [0.1, 0.15) is 27.7 Å². The van der Waals surface area contributed by atoms with Crippen molar-refractivity contribution in [3.8, 4) is 0 Å². The molecule has 2 aromatic rings. The zero-order valence-electron chi connectivity index (χ0n) is 13.3. The van der Waals surface area contributed by atoms with Gasteiger partial charge >= 0.3 is 0 Å². The van der Waals surface area contributed by atoms with E-state index in [0.29, 0.717) is 6.54 Å². The number of benzene rings is 1. The van der Waals surface area contributed by atoms with Gasteiger partial charge in [-0.2, -0.15) is 11.8 Å². The first-order valence-corrected chi connectivity index (χ1v) is 9.10. The Labute approximate surface area is 141 Å². The number of hydrogen-bond donors (Lipinski definition) is 1. The van der Waals surface area contributed by atoms with Gasteiger partial charge in [-0.05, 0) is 30.7 Å². The minimum atomic E-state index is -0.0222. The molecule has 1 saturated heterocycles. The van der Waals surface area contributed by atoms with Gasteiger partial charge < -0.3 is 9.73 Å². The lowest BCUT2D eigenvalue weighted by molar-refractivity contribution is 0.0929. The van der Waals surface area contributed by atoms with Gasteiger partial charge in [-0.1, -0.05) is 18.2 Å². The van der Waals surface area contributed by atoms with E-state index in [-0.39, 0.29) is 11.9 Å². The largest absolute Gasteiger partial charge is 0.468 e. The zero-order valence-corrected chi connectivity index (χ0v) is 14.1. The number of amides is 1. The lowest BCUT2D eigenvalue weighted by atomic mass is 10.1. The maximum Gasteiger partial charge on any atom is 0.251 e. The summed E-state index contributed by atoms with van der Waals surface area (Å²) < 4.78 is 5.61. The highest BCUT2D eigenvalue weighted by Gasteiger charge is 2.25. The molecule has 1 aromatic carbocycles. The zero-order chi connectivity index (χ0) is 16.1. The third-order valence-corrected chi connectivity index (χ3v) is 5.15. The van der Waals surface area contributed by atoms with Crippen molar-refractivity contribution in [3.05, 3.63) is 59.5 Å². The highest BCUT2D eigenvalue weighted by Crippen LogP contribution is 2.24. The van der Waals surface area contributed by atoms with E-state index in [4.69, 9.17) is 4.42 Å². The number of hydrogen-bond acceptors (Lipinski definition) is 4. The van der Waals surface area contributed by atoms with Crippen molar-refractivity contribution in [2.45, 2.75) is 13.0 Å². The summed E-state index contributed by atoms with van der Waals surface area (Å²) in [6.45, 7) is 4.57. The van der Waals surface area contributed by atoms with Crippen LogP contribution in [0.25, 0.3) is 0 Å².